The van der Waals surface area contributed by atoms with Crippen LogP contribution in [0.3, 0.4) is 0 Å². The van der Waals surface area contributed by atoms with Crippen LogP contribution in [0.1, 0.15) is 104 Å². The first-order valence-corrected chi connectivity index (χ1v) is 18.4. The van der Waals surface area contributed by atoms with Crippen LogP contribution in [0.15, 0.2) is 102 Å². The van der Waals surface area contributed by atoms with Gasteiger partial charge in [-0.1, -0.05) is 114 Å². The Morgan fingerprint density at radius 3 is 2.08 bits per heavy atom. The maximum absolute atomic E-state index is 13.5. The van der Waals surface area contributed by atoms with Gasteiger partial charge in [-0.2, -0.15) is 0 Å². The third kappa shape index (κ3) is 11.2. The maximum atomic E-state index is 13.5. The minimum atomic E-state index is -1.19. The van der Waals surface area contributed by atoms with Crippen molar-refractivity contribution in [1.29, 1.82) is 0 Å². The molecule has 0 fully saturated rings. The Balaban J connectivity index is 1.23. The molecular formula is C44H49N3O6. The molecule has 3 aromatic carbocycles. The van der Waals surface area contributed by atoms with Crippen molar-refractivity contribution in [3.05, 3.63) is 126 Å². The lowest BCUT2D eigenvalue weighted by molar-refractivity contribution is -0.125. The summed E-state index contributed by atoms with van der Waals surface area (Å²) in [6, 6.07) is 26.0. The Morgan fingerprint density at radius 1 is 0.792 bits per heavy atom. The van der Waals surface area contributed by atoms with E-state index in [0.717, 1.165) is 46.6 Å². The highest BCUT2D eigenvalue weighted by Gasteiger charge is 2.24. The first-order valence-electron chi connectivity index (χ1n) is 18.4. The van der Waals surface area contributed by atoms with E-state index in [1.807, 2.05) is 72.8 Å². The number of ketones is 1. The van der Waals surface area contributed by atoms with Gasteiger partial charge in [0.15, 0.2) is 11.6 Å². The minimum absolute atomic E-state index is 0.000467. The maximum Gasteiger partial charge on any atom is 0.371 e. The average molecular weight is 716 g/mol. The third-order valence-corrected chi connectivity index (χ3v) is 9.24. The number of aromatic carboxylic acids is 1. The fraction of sp³-hybridized carbons (Fsp3) is 0.341. The molecule has 1 amide bonds. The van der Waals surface area contributed by atoms with Gasteiger partial charge in [0.05, 0.1) is 13.2 Å². The Morgan fingerprint density at radius 2 is 1.45 bits per heavy atom. The number of hydrogen-bond acceptors (Lipinski definition) is 7. The average Bonchev–Trinajstić information content (AvgIpc) is 3.65. The number of ether oxygens (including phenoxy) is 1. The monoisotopic (exact) mass is 715 g/mol. The van der Waals surface area contributed by atoms with Gasteiger partial charge < -0.3 is 19.6 Å². The zero-order valence-corrected chi connectivity index (χ0v) is 31.1. The molecule has 0 aliphatic heterocycles. The summed E-state index contributed by atoms with van der Waals surface area (Å²) in [5.41, 5.74) is 5.20. The van der Waals surface area contributed by atoms with E-state index in [-0.39, 0.29) is 35.8 Å². The molecule has 5 rings (SSSR count). The number of carbonyl (C=O) groups is 3. The predicted molar refractivity (Wildman–Crippen MR) is 206 cm³/mol. The lowest BCUT2D eigenvalue weighted by Gasteiger charge is -2.19. The summed E-state index contributed by atoms with van der Waals surface area (Å²) in [6.07, 6.45) is 9.93. The van der Waals surface area contributed by atoms with Gasteiger partial charge in [0.2, 0.25) is 11.7 Å². The number of carboxylic acid groups (broad SMARTS) is 1. The van der Waals surface area contributed by atoms with Crippen molar-refractivity contribution in [3.63, 3.8) is 0 Å². The van der Waals surface area contributed by atoms with Gasteiger partial charge in [0, 0.05) is 41.4 Å². The van der Waals surface area contributed by atoms with E-state index in [9.17, 15) is 19.5 Å². The molecular weight excluding hydrogens is 666 g/mol. The molecule has 0 saturated carbocycles. The molecule has 0 saturated heterocycles. The van der Waals surface area contributed by atoms with Crippen molar-refractivity contribution in [3.8, 4) is 28.3 Å². The van der Waals surface area contributed by atoms with E-state index < -0.39 is 11.9 Å². The summed E-state index contributed by atoms with van der Waals surface area (Å²) in [5.74, 6) is -0.803. The minimum Gasteiger partial charge on any atom is -0.494 e. The normalized spacial score (nSPS) is 11.9. The first kappa shape index (κ1) is 38.7. The van der Waals surface area contributed by atoms with Crippen molar-refractivity contribution < 1.29 is 28.6 Å². The third-order valence-electron chi connectivity index (χ3n) is 9.24. The lowest BCUT2D eigenvalue weighted by Crippen LogP contribution is -2.33. The number of unbranched alkanes of at least 4 members (excludes halogenated alkanes) is 4. The molecule has 0 aliphatic rings. The molecule has 1 atom stereocenters. The largest absolute Gasteiger partial charge is 0.494 e. The van der Waals surface area contributed by atoms with Crippen LogP contribution in [0.25, 0.3) is 22.5 Å². The molecule has 0 spiro atoms. The zero-order valence-electron chi connectivity index (χ0n) is 31.1. The molecule has 0 bridgehead atoms. The molecule has 5 aromatic rings. The van der Waals surface area contributed by atoms with Crippen molar-refractivity contribution in [1.82, 2.24) is 15.3 Å². The van der Waals surface area contributed by atoms with Crippen LogP contribution in [0.4, 0.5) is 0 Å². The van der Waals surface area contributed by atoms with E-state index in [1.54, 1.807) is 12.4 Å². The second kappa shape index (κ2) is 18.3. The molecule has 0 unspecified atom stereocenters. The summed E-state index contributed by atoms with van der Waals surface area (Å²) in [7, 11) is 0. The fourth-order valence-electron chi connectivity index (χ4n) is 6.00. The van der Waals surface area contributed by atoms with Gasteiger partial charge in [-0.3, -0.25) is 9.59 Å². The number of carboxylic acids is 1. The van der Waals surface area contributed by atoms with E-state index in [4.69, 9.17) is 9.15 Å². The zero-order chi connectivity index (χ0) is 37.8. The van der Waals surface area contributed by atoms with Crippen molar-refractivity contribution in [2.75, 3.05) is 6.61 Å². The van der Waals surface area contributed by atoms with Crippen molar-refractivity contribution in [2.45, 2.75) is 84.6 Å². The van der Waals surface area contributed by atoms with Gasteiger partial charge in [0.25, 0.3) is 0 Å². The Kier molecular flexibility index (Phi) is 13.3. The topological polar surface area (TPSA) is 132 Å². The standard InChI is InChI=1S/C44H49N3O6/c1-5-6-7-8-9-24-52-37-20-16-31(17-21-37)35-27-45-41(46-28-35)33-12-10-30(11-13-33)25-34(42(49)47-29-38-22-23-40(53-38)43(50)51)26-39(48)32-14-18-36(19-15-32)44(2,3)4/h10-23,27-28,34H,5-9,24-26,29H2,1-4H3,(H,47,49)(H,50,51)/t34-/m1/s1. The van der Waals surface area contributed by atoms with Crippen LogP contribution in [-0.4, -0.2) is 39.3 Å². The molecule has 0 aliphatic carbocycles. The highest BCUT2D eigenvalue weighted by atomic mass is 16.5. The summed E-state index contributed by atoms with van der Waals surface area (Å²) >= 11 is 0. The van der Waals surface area contributed by atoms with Crippen molar-refractivity contribution >= 4 is 17.7 Å². The van der Waals surface area contributed by atoms with E-state index in [1.165, 1.54) is 37.8 Å². The second-order valence-electron chi connectivity index (χ2n) is 14.4. The second-order valence-corrected chi connectivity index (χ2v) is 14.4. The van der Waals surface area contributed by atoms with Gasteiger partial charge in [-0.05, 0) is 59.2 Å². The highest BCUT2D eigenvalue weighted by molar-refractivity contribution is 5.98. The van der Waals surface area contributed by atoms with E-state index in [0.29, 0.717) is 23.6 Å². The summed E-state index contributed by atoms with van der Waals surface area (Å²) in [4.78, 5) is 47.4. The number of carbonyl (C=O) groups excluding carboxylic acids is 2. The Hall–Kier alpha value is -5.57. The highest BCUT2D eigenvalue weighted by Crippen LogP contribution is 2.26. The SMILES string of the molecule is CCCCCCCOc1ccc(-c2cnc(-c3ccc(C[C@H](CC(=O)c4ccc(C(C)(C)C)cc4)C(=O)NCc4ccc(C(=O)O)o4)cc3)nc2)cc1. The summed E-state index contributed by atoms with van der Waals surface area (Å²) < 4.78 is 11.2. The van der Waals surface area contributed by atoms with Crippen LogP contribution >= 0.6 is 0 Å². The number of aromatic nitrogens is 2. The molecule has 276 valence electrons. The molecule has 9 heteroatoms. The lowest BCUT2D eigenvalue weighted by atomic mass is 9.85. The predicted octanol–water partition coefficient (Wildman–Crippen LogP) is 9.50. The van der Waals surface area contributed by atoms with E-state index >= 15 is 0 Å². The number of rotatable bonds is 18. The van der Waals surface area contributed by atoms with Crippen LogP contribution < -0.4 is 10.1 Å². The number of hydrogen-bond donors (Lipinski definition) is 2. The number of benzene rings is 3. The van der Waals surface area contributed by atoms with Crippen LogP contribution in [0.5, 0.6) is 5.75 Å². The van der Waals surface area contributed by atoms with Gasteiger partial charge >= 0.3 is 5.97 Å². The van der Waals surface area contributed by atoms with Crippen LogP contribution in [0, 0.1) is 5.92 Å². The van der Waals surface area contributed by atoms with Crippen molar-refractivity contribution in [2.24, 2.45) is 5.92 Å². The summed E-state index contributed by atoms with van der Waals surface area (Å²) in [5, 5.41) is 12.0. The molecule has 2 aromatic heterocycles. The quantitative estimate of drug-likeness (QED) is 0.0678. The molecule has 9 nitrogen and oxygen atoms in total. The summed E-state index contributed by atoms with van der Waals surface area (Å²) in [6.45, 7) is 9.28. The first-order chi connectivity index (χ1) is 25.5. The van der Waals surface area contributed by atoms with E-state index in [2.05, 4.69) is 43.0 Å². The Labute approximate surface area is 311 Å². The van der Waals surface area contributed by atoms with Gasteiger partial charge in [0.1, 0.15) is 11.5 Å². The number of furan rings is 1. The molecule has 2 heterocycles. The van der Waals surface area contributed by atoms with Crippen LogP contribution in [-0.2, 0) is 23.2 Å². The van der Waals surface area contributed by atoms with Gasteiger partial charge in [-0.15, -0.1) is 0 Å². The molecule has 2 N–H and O–H groups in total. The smallest absolute Gasteiger partial charge is 0.371 e. The number of nitrogens with one attached hydrogen (secondary N) is 1. The molecule has 53 heavy (non-hydrogen) atoms. The number of nitrogens with zero attached hydrogens (tertiary/aromatic N) is 2. The number of amides is 1. The fourth-order valence-corrected chi connectivity index (χ4v) is 6.00. The van der Waals surface area contributed by atoms with Crippen LogP contribution in [0.2, 0.25) is 0 Å². The van der Waals surface area contributed by atoms with Gasteiger partial charge in [-0.25, -0.2) is 14.8 Å². The Bertz CT molecular complexity index is 1940. The molecule has 0 radical (unpaired) electrons. The number of Topliss-reactive ketones (excluding diaryl/α,β-unsaturated/α-hetero) is 1.